The van der Waals surface area contributed by atoms with Crippen molar-refractivity contribution in [3.05, 3.63) is 71.5 Å². The number of hydrogen-bond donors (Lipinski definition) is 2. The summed E-state index contributed by atoms with van der Waals surface area (Å²) in [6.07, 6.45) is 2.86. The van der Waals surface area contributed by atoms with Gasteiger partial charge in [-0.2, -0.15) is 0 Å². The Labute approximate surface area is 174 Å². The fourth-order valence-electron chi connectivity index (χ4n) is 3.44. The van der Waals surface area contributed by atoms with Gasteiger partial charge < -0.3 is 11.1 Å². The normalized spacial score (nSPS) is 11.7. The molecule has 0 aliphatic rings. The number of fused-ring (bicyclic) bond motifs is 1. The van der Waals surface area contributed by atoms with Crippen LogP contribution in [0.25, 0.3) is 22.2 Å². The molecule has 0 amide bonds. The van der Waals surface area contributed by atoms with Gasteiger partial charge in [0, 0.05) is 36.1 Å². The molecule has 29 heavy (non-hydrogen) atoms. The molecule has 0 unspecified atom stereocenters. The van der Waals surface area contributed by atoms with Crippen molar-refractivity contribution >= 4 is 43.9 Å². The minimum absolute atomic E-state index is 0.0754. The van der Waals surface area contributed by atoms with Crippen LogP contribution in [0, 0.1) is 6.92 Å². The van der Waals surface area contributed by atoms with Gasteiger partial charge in [0.15, 0.2) is 0 Å². The van der Waals surface area contributed by atoms with E-state index in [4.69, 9.17) is 17.3 Å². The Balaban J connectivity index is 2.19. The molecule has 0 saturated heterocycles. The van der Waals surface area contributed by atoms with Gasteiger partial charge in [0.1, 0.15) is 4.90 Å². The van der Waals surface area contributed by atoms with Crippen molar-refractivity contribution in [2.75, 3.05) is 18.1 Å². The Morgan fingerprint density at radius 2 is 1.93 bits per heavy atom. The summed E-state index contributed by atoms with van der Waals surface area (Å²) in [5.41, 5.74) is 9.60. The van der Waals surface area contributed by atoms with Crippen LogP contribution < -0.4 is 11.1 Å². The van der Waals surface area contributed by atoms with Crippen LogP contribution in [0.5, 0.6) is 0 Å². The van der Waals surface area contributed by atoms with Gasteiger partial charge in [0.2, 0.25) is 0 Å². The average Bonchev–Trinajstić information content (AvgIpc) is 3.02. The van der Waals surface area contributed by atoms with E-state index in [1.54, 1.807) is 31.3 Å². The Morgan fingerprint density at radius 3 is 2.59 bits per heavy atom. The predicted octanol–water partition coefficient (Wildman–Crippen LogP) is 4.53. The van der Waals surface area contributed by atoms with Crippen molar-refractivity contribution in [3.63, 3.8) is 0 Å². The molecule has 0 aliphatic carbocycles. The molecule has 4 rings (SSSR count). The number of nitrogen functional groups attached to an aromatic ring is 1. The van der Waals surface area contributed by atoms with Gasteiger partial charge in [-0.25, -0.2) is 12.4 Å². The molecule has 148 valence electrons. The summed E-state index contributed by atoms with van der Waals surface area (Å²) in [5, 5.41) is 4.32. The van der Waals surface area contributed by atoms with Crippen LogP contribution in [0.15, 0.2) is 65.8 Å². The average molecular weight is 427 g/mol. The summed E-state index contributed by atoms with van der Waals surface area (Å²) in [7, 11) is -2.23. The topological polar surface area (TPSA) is 90.0 Å². The van der Waals surface area contributed by atoms with E-state index in [-0.39, 0.29) is 4.90 Å². The fraction of sp³-hybridized carbons (Fsp3) is 0.0952. The molecule has 0 saturated carbocycles. The maximum Gasteiger partial charge on any atom is 0.270 e. The number of aromatic nitrogens is 2. The monoisotopic (exact) mass is 426 g/mol. The van der Waals surface area contributed by atoms with Crippen LogP contribution in [0.1, 0.15) is 5.56 Å². The number of nitrogens with two attached hydrogens (primary N) is 1. The first-order valence-corrected chi connectivity index (χ1v) is 10.7. The van der Waals surface area contributed by atoms with Gasteiger partial charge in [-0.05, 0) is 48.9 Å². The van der Waals surface area contributed by atoms with Crippen LogP contribution >= 0.6 is 11.6 Å². The van der Waals surface area contributed by atoms with E-state index >= 15 is 0 Å². The number of nitrogens with one attached hydrogen (secondary N) is 1. The number of pyridine rings is 1. The number of halogens is 1. The molecule has 3 N–H and O–H groups in total. The second kappa shape index (κ2) is 7.09. The van der Waals surface area contributed by atoms with E-state index in [0.29, 0.717) is 33.2 Å². The third-order valence-corrected chi connectivity index (χ3v) is 6.76. The lowest BCUT2D eigenvalue weighted by atomic mass is 10.1. The molecule has 0 radical (unpaired) electrons. The van der Waals surface area contributed by atoms with Gasteiger partial charge in [0.05, 0.1) is 21.9 Å². The highest BCUT2D eigenvalue weighted by atomic mass is 35.5. The molecule has 0 atom stereocenters. The molecule has 0 bridgehead atoms. The van der Waals surface area contributed by atoms with Crippen molar-refractivity contribution < 1.29 is 8.42 Å². The van der Waals surface area contributed by atoms with Crippen LogP contribution in [0.3, 0.4) is 0 Å². The highest BCUT2D eigenvalue weighted by molar-refractivity contribution is 7.90. The minimum atomic E-state index is -3.98. The first kappa shape index (κ1) is 19.3. The molecule has 0 spiro atoms. The number of aryl methyl sites for hydroxylation is 1. The Morgan fingerprint density at radius 1 is 1.14 bits per heavy atom. The summed E-state index contributed by atoms with van der Waals surface area (Å²) in [6.45, 7) is 1.93. The van der Waals surface area contributed by atoms with E-state index in [1.165, 1.54) is 22.4 Å². The lowest BCUT2D eigenvalue weighted by Gasteiger charge is -2.14. The van der Waals surface area contributed by atoms with Gasteiger partial charge in [-0.1, -0.05) is 23.7 Å². The van der Waals surface area contributed by atoms with Crippen LogP contribution in [-0.2, 0) is 10.0 Å². The van der Waals surface area contributed by atoms with Crippen molar-refractivity contribution in [1.29, 1.82) is 0 Å². The zero-order valence-electron chi connectivity index (χ0n) is 15.8. The minimum Gasteiger partial charge on any atom is -0.399 e. The van der Waals surface area contributed by atoms with Crippen molar-refractivity contribution in [2.24, 2.45) is 0 Å². The molecule has 2 aromatic carbocycles. The summed E-state index contributed by atoms with van der Waals surface area (Å²) in [4.78, 5) is 4.05. The number of nitrogens with zero attached hydrogens (tertiary/aromatic N) is 2. The molecule has 6 nitrogen and oxygen atoms in total. The molecule has 0 aliphatic heterocycles. The fourth-order valence-corrected chi connectivity index (χ4v) is 5.26. The second-order valence-electron chi connectivity index (χ2n) is 6.69. The highest BCUT2D eigenvalue weighted by Crippen LogP contribution is 2.43. The van der Waals surface area contributed by atoms with E-state index in [9.17, 15) is 8.42 Å². The summed E-state index contributed by atoms with van der Waals surface area (Å²) in [6, 6.07) is 13.8. The van der Waals surface area contributed by atoms with Crippen LogP contribution in [-0.4, -0.2) is 24.4 Å². The van der Waals surface area contributed by atoms with E-state index in [2.05, 4.69) is 10.3 Å². The zero-order valence-corrected chi connectivity index (χ0v) is 17.4. The third-order valence-electron chi connectivity index (χ3n) is 4.75. The first-order valence-electron chi connectivity index (χ1n) is 8.88. The summed E-state index contributed by atoms with van der Waals surface area (Å²) < 4.78 is 28.6. The maximum absolute atomic E-state index is 13.7. The van der Waals surface area contributed by atoms with E-state index in [0.717, 1.165) is 10.9 Å². The predicted molar refractivity (Wildman–Crippen MR) is 118 cm³/mol. The maximum atomic E-state index is 13.7. The van der Waals surface area contributed by atoms with Gasteiger partial charge in [0.25, 0.3) is 10.0 Å². The number of anilines is 2. The van der Waals surface area contributed by atoms with E-state index < -0.39 is 10.0 Å². The molecule has 2 aromatic heterocycles. The first-order chi connectivity index (χ1) is 13.8. The van der Waals surface area contributed by atoms with E-state index in [1.807, 2.05) is 25.1 Å². The van der Waals surface area contributed by atoms with Gasteiger partial charge in [-0.3, -0.25) is 4.98 Å². The van der Waals surface area contributed by atoms with Gasteiger partial charge in [-0.15, -0.1) is 0 Å². The Kier molecular flexibility index (Phi) is 4.72. The number of rotatable bonds is 4. The van der Waals surface area contributed by atoms with Crippen LogP contribution in [0.2, 0.25) is 5.02 Å². The quantitative estimate of drug-likeness (QED) is 0.468. The second-order valence-corrected chi connectivity index (χ2v) is 8.89. The Hall–Kier alpha value is -3.03. The molecule has 0 fully saturated rings. The van der Waals surface area contributed by atoms with Crippen LogP contribution in [0.4, 0.5) is 11.4 Å². The molecule has 2 heterocycles. The number of hydrogen-bond acceptors (Lipinski definition) is 5. The summed E-state index contributed by atoms with van der Waals surface area (Å²) >= 11 is 6.55. The van der Waals surface area contributed by atoms with Crippen molar-refractivity contribution in [3.8, 4) is 11.3 Å². The van der Waals surface area contributed by atoms with Crippen molar-refractivity contribution in [2.45, 2.75) is 11.8 Å². The molecule has 8 heteroatoms. The van der Waals surface area contributed by atoms with Gasteiger partial charge >= 0.3 is 0 Å². The Bertz CT molecular complexity index is 1330. The third kappa shape index (κ3) is 3.12. The van der Waals surface area contributed by atoms with Crippen molar-refractivity contribution in [1.82, 2.24) is 8.96 Å². The molecule has 4 aromatic rings. The molecular formula is C21H19ClN4O2S. The zero-order chi connectivity index (χ0) is 20.8. The summed E-state index contributed by atoms with van der Waals surface area (Å²) in [5.74, 6) is 0. The highest BCUT2D eigenvalue weighted by Gasteiger charge is 2.29. The SMILES string of the molecule is CNc1c(-c2ccc(C)cc2Cl)n(S(=O)(=O)c2cccnc2)c2cc(N)ccc12. The smallest absolute Gasteiger partial charge is 0.270 e. The molecular weight excluding hydrogens is 408 g/mol. The lowest BCUT2D eigenvalue weighted by Crippen LogP contribution is -2.15. The number of benzene rings is 2. The largest absolute Gasteiger partial charge is 0.399 e. The standard InChI is InChI=1S/C21H19ClN4O2S/c1-13-5-7-16(18(22)10-13)21-20(24-2)17-8-6-14(23)11-19(17)26(21)29(27,28)15-4-3-9-25-12-15/h3-12,24H,23H2,1-2H3. The lowest BCUT2D eigenvalue weighted by molar-refractivity contribution is 0.589.